The van der Waals surface area contributed by atoms with Gasteiger partial charge in [-0.25, -0.2) is 5.43 Å². The standard InChI is InChI=1S/C23H36N2O2/c1-3-5-6-7-8-9-10-11-12-13-18-22(26)25-24-19-21-17-14-16-20(15-4-2)23(21)27/h4,14,16-17,19,27H,2-3,5-13,15,18H2,1H3,(H,25,26)/b24-19+. The number of phenolic OH excluding ortho intramolecular Hbond substituents is 1. The highest BCUT2D eigenvalue weighted by Gasteiger charge is 2.04. The van der Waals surface area contributed by atoms with Crippen molar-refractivity contribution in [3.63, 3.8) is 0 Å². The van der Waals surface area contributed by atoms with Crippen LogP contribution in [0.2, 0.25) is 0 Å². The van der Waals surface area contributed by atoms with Crippen LogP contribution in [0.1, 0.15) is 88.7 Å². The number of benzene rings is 1. The monoisotopic (exact) mass is 372 g/mol. The van der Waals surface area contributed by atoms with Crippen molar-refractivity contribution in [1.82, 2.24) is 5.43 Å². The SMILES string of the molecule is C=CCc1cccc(/C=N/NC(=O)CCCCCCCCCCCC)c1O. The van der Waals surface area contributed by atoms with E-state index in [9.17, 15) is 9.90 Å². The highest BCUT2D eigenvalue weighted by Crippen LogP contribution is 2.21. The molecule has 1 amide bonds. The number of para-hydroxylation sites is 1. The fourth-order valence-electron chi connectivity index (χ4n) is 3.04. The Balaban J connectivity index is 2.13. The minimum absolute atomic E-state index is 0.0763. The molecule has 4 heteroatoms. The first kappa shape index (κ1) is 22.9. The lowest BCUT2D eigenvalue weighted by atomic mass is 10.1. The van der Waals surface area contributed by atoms with Crippen LogP contribution in [0.15, 0.2) is 36.0 Å². The molecule has 2 N–H and O–H groups in total. The summed E-state index contributed by atoms with van der Waals surface area (Å²) < 4.78 is 0. The van der Waals surface area contributed by atoms with E-state index >= 15 is 0 Å². The van der Waals surface area contributed by atoms with E-state index in [1.807, 2.05) is 12.1 Å². The molecule has 0 unspecified atom stereocenters. The number of hydrogen-bond donors (Lipinski definition) is 2. The van der Waals surface area contributed by atoms with Crippen LogP contribution >= 0.6 is 0 Å². The molecular weight excluding hydrogens is 336 g/mol. The number of aromatic hydroxyl groups is 1. The average molecular weight is 373 g/mol. The molecule has 0 bridgehead atoms. The van der Waals surface area contributed by atoms with E-state index in [-0.39, 0.29) is 11.7 Å². The van der Waals surface area contributed by atoms with Crippen LogP contribution in [0.5, 0.6) is 5.75 Å². The van der Waals surface area contributed by atoms with E-state index in [4.69, 9.17) is 0 Å². The molecule has 0 radical (unpaired) electrons. The summed E-state index contributed by atoms with van der Waals surface area (Å²) >= 11 is 0. The summed E-state index contributed by atoms with van der Waals surface area (Å²) in [6.07, 6.45) is 16.8. The van der Waals surface area contributed by atoms with Crippen molar-refractivity contribution in [2.45, 2.75) is 84.0 Å². The van der Waals surface area contributed by atoms with Gasteiger partial charge in [0.1, 0.15) is 5.75 Å². The maximum atomic E-state index is 11.8. The molecule has 0 heterocycles. The third kappa shape index (κ3) is 10.6. The van der Waals surface area contributed by atoms with Crippen molar-refractivity contribution in [1.29, 1.82) is 0 Å². The Kier molecular flexibility index (Phi) is 12.7. The van der Waals surface area contributed by atoms with Gasteiger partial charge in [-0.1, -0.05) is 82.9 Å². The fraction of sp³-hybridized carbons (Fsp3) is 0.565. The maximum Gasteiger partial charge on any atom is 0.240 e. The van der Waals surface area contributed by atoms with Gasteiger partial charge in [-0.3, -0.25) is 4.79 Å². The van der Waals surface area contributed by atoms with E-state index < -0.39 is 0 Å². The van der Waals surface area contributed by atoms with Crippen molar-refractivity contribution in [3.8, 4) is 5.75 Å². The van der Waals surface area contributed by atoms with Crippen molar-refractivity contribution >= 4 is 12.1 Å². The van der Waals surface area contributed by atoms with Gasteiger partial charge in [0, 0.05) is 12.0 Å². The quantitative estimate of drug-likeness (QED) is 0.175. The predicted molar refractivity (Wildman–Crippen MR) is 114 cm³/mol. The van der Waals surface area contributed by atoms with E-state index in [1.165, 1.54) is 57.6 Å². The van der Waals surface area contributed by atoms with E-state index in [0.717, 1.165) is 18.4 Å². The van der Waals surface area contributed by atoms with Crippen molar-refractivity contribution in [2.75, 3.05) is 0 Å². The van der Waals surface area contributed by atoms with Gasteiger partial charge in [0.05, 0.1) is 6.21 Å². The molecule has 0 aliphatic carbocycles. The highest BCUT2D eigenvalue weighted by molar-refractivity contribution is 5.85. The Morgan fingerprint density at radius 2 is 1.70 bits per heavy atom. The fourth-order valence-corrected chi connectivity index (χ4v) is 3.04. The van der Waals surface area contributed by atoms with Gasteiger partial charge < -0.3 is 5.11 Å². The summed E-state index contributed by atoms with van der Waals surface area (Å²) in [5, 5.41) is 14.1. The molecule has 0 atom stereocenters. The number of hydrazone groups is 1. The molecule has 0 spiro atoms. The lowest BCUT2D eigenvalue weighted by molar-refractivity contribution is -0.121. The van der Waals surface area contributed by atoms with Gasteiger partial charge in [-0.05, 0) is 24.5 Å². The Morgan fingerprint density at radius 3 is 2.33 bits per heavy atom. The molecule has 1 aromatic carbocycles. The molecule has 4 nitrogen and oxygen atoms in total. The first-order chi connectivity index (χ1) is 13.2. The smallest absolute Gasteiger partial charge is 0.240 e. The van der Waals surface area contributed by atoms with Gasteiger partial charge in [0.25, 0.3) is 0 Å². The summed E-state index contributed by atoms with van der Waals surface area (Å²) in [6.45, 7) is 5.92. The lowest BCUT2D eigenvalue weighted by Gasteiger charge is -2.05. The Labute approximate surface area is 164 Å². The molecule has 27 heavy (non-hydrogen) atoms. The normalized spacial score (nSPS) is 11.0. The first-order valence-electron chi connectivity index (χ1n) is 10.4. The molecule has 1 rings (SSSR count). The molecule has 0 saturated heterocycles. The molecule has 1 aromatic rings. The molecule has 0 aliphatic rings. The number of amides is 1. The van der Waals surface area contributed by atoms with E-state index in [0.29, 0.717) is 18.4 Å². The number of carbonyl (C=O) groups excluding carboxylic acids is 1. The number of hydrogen-bond acceptors (Lipinski definition) is 3. The highest BCUT2D eigenvalue weighted by atomic mass is 16.3. The molecule has 0 aliphatic heterocycles. The second-order valence-electron chi connectivity index (χ2n) is 7.07. The van der Waals surface area contributed by atoms with Gasteiger partial charge in [-0.15, -0.1) is 6.58 Å². The van der Waals surface area contributed by atoms with Crippen molar-refractivity contribution in [2.24, 2.45) is 5.10 Å². The van der Waals surface area contributed by atoms with Crippen LogP contribution in [-0.4, -0.2) is 17.2 Å². The molecule has 0 fully saturated rings. The zero-order chi connectivity index (χ0) is 19.7. The molecule has 0 aromatic heterocycles. The van der Waals surface area contributed by atoms with Gasteiger partial charge in [0.15, 0.2) is 0 Å². The average Bonchev–Trinajstić information content (AvgIpc) is 2.66. The zero-order valence-electron chi connectivity index (χ0n) is 16.9. The van der Waals surface area contributed by atoms with Crippen LogP contribution in [-0.2, 0) is 11.2 Å². The number of carbonyl (C=O) groups is 1. The molecule has 150 valence electrons. The van der Waals surface area contributed by atoms with Crippen LogP contribution in [0.3, 0.4) is 0 Å². The first-order valence-corrected chi connectivity index (χ1v) is 10.4. The zero-order valence-corrected chi connectivity index (χ0v) is 16.9. The van der Waals surface area contributed by atoms with Gasteiger partial charge in [-0.2, -0.15) is 5.10 Å². The Bertz CT molecular complexity index is 582. The topological polar surface area (TPSA) is 61.7 Å². The number of allylic oxidation sites excluding steroid dienone is 1. The summed E-state index contributed by atoms with van der Waals surface area (Å²) in [4.78, 5) is 11.8. The van der Waals surface area contributed by atoms with Crippen LogP contribution in [0.4, 0.5) is 0 Å². The summed E-state index contributed by atoms with van der Waals surface area (Å²) in [5.41, 5.74) is 3.93. The second kappa shape index (κ2) is 15.0. The summed E-state index contributed by atoms with van der Waals surface area (Å²) in [5.74, 6) is 0.109. The van der Waals surface area contributed by atoms with E-state index in [1.54, 1.807) is 12.1 Å². The number of phenols is 1. The van der Waals surface area contributed by atoms with Gasteiger partial charge >= 0.3 is 0 Å². The largest absolute Gasteiger partial charge is 0.507 e. The number of nitrogens with one attached hydrogen (secondary N) is 1. The second-order valence-corrected chi connectivity index (χ2v) is 7.07. The molecule has 0 saturated carbocycles. The number of nitrogens with zero attached hydrogens (tertiary/aromatic N) is 1. The van der Waals surface area contributed by atoms with Gasteiger partial charge in [0.2, 0.25) is 5.91 Å². The third-order valence-electron chi connectivity index (χ3n) is 4.67. The van der Waals surface area contributed by atoms with E-state index in [2.05, 4.69) is 24.0 Å². The lowest BCUT2D eigenvalue weighted by Crippen LogP contribution is -2.16. The predicted octanol–water partition coefficient (Wildman–Crippen LogP) is 5.88. The number of rotatable bonds is 15. The molecular formula is C23H36N2O2. The minimum Gasteiger partial charge on any atom is -0.507 e. The van der Waals surface area contributed by atoms with Crippen molar-refractivity contribution < 1.29 is 9.90 Å². The van der Waals surface area contributed by atoms with Crippen LogP contribution < -0.4 is 5.43 Å². The van der Waals surface area contributed by atoms with Crippen LogP contribution in [0.25, 0.3) is 0 Å². The van der Waals surface area contributed by atoms with Crippen LogP contribution in [0, 0.1) is 0 Å². The summed E-state index contributed by atoms with van der Waals surface area (Å²) in [7, 11) is 0. The summed E-state index contributed by atoms with van der Waals surface area (Å²) in [6, 6.07) is 5.46. The minimum atomic E-state index is -0.0763. The third-order valence-corrected chi connectivity index (χ3v) is 4.67. The number of unbranched alkanes of at least 4 members (excludes halogenated alkanes) is 9. The van der Waals surface area contributed by atoms with Crippen molar-refractivity contribution in [3.05, 3.63) is 42.0 Å². The Morgan fingerprint density at radius 1 is 1.07 bits per heavy atom. The Hall–Kier alpha value is -2.10. The maximum absolute atomic E-state index is 11.8.